The van der Waals surface area contributed by atoms with E-state index in [2.05, 4.69) is 18.5 Å². The van der Waals surface area contributed by atoms with Gasteiger partial charge in [-0.2, -0.15) is 0 Å². The maximum atomic E-state index is 12.2. The highest BCUT2D eigenvalue weighted by atomic mass is 16.5. The number of nitrogens with one attached hydrogen (secondary N) is 2. The van der Waals surface area contributed by atoms with E-state index in [9.17, 15) is 9.59 Å². The number of methoxy groups -OCH3 is 1. The van der Waals surface area contributed by atoms with Crippen LogP contribution in [0.2, 0.25) is 0 Å². The summed E-state index contributed by atoms with van der Waals surface area (Å²) in [6.45, 7) is 8.66. The van der Waals surface area contributed by atoms with Crippen molar-refractivity contribution in [3.8, 4) is 5.75 Å². The molecule has 0 fully saturated rings. The molecule has 24 heavy (non-hydrogen) atoms. The fourth-order valence-corrected chi connectivity index (χ4v) is 2.18. The normalized spacial score (nSPS) is 11.2. The molecule has 6 nitrogen and oxygen atoms in total. The summed E-state index contributed by atoms with van der Waals surface area (Å²) in [6.07, 6.45) is 3.35. The first-order valence-corrected chi connectivity index (χ1v) is 7.75. The molecular weight excluding hydrogens is 306 g/mol. The van der Waals surface area contributed by atoms with Crippen molar-refractivity contribution in [1.82, 2.24) is 4.90 Å². The van der Waals surface area contributed by atoms with Gasteiger partial charge in [0, 0.05) is 18.8 Å². The largest absolute Gasteiger partial charge is 0.497 e. The van der Waals surface area contributed by atoms with Crippen molar-refractivity contribution >= 4 is 17.5 Å². The van der Waals surface area contributed by atoms with Crippen molar-refractivity contribution in [2.45, 2.75) is 0 Å². The van der Waals surface area contributed by atoms with E-state index in [4.69, 9.17) is 4.74 Å². The van der Waals surface area contributed by atoms with Crippen molar-refractivity contribution in [2.75, 3.05) is 45.7 Å². The average Bonchev–Trinajstić information content (AvgIpc) is 2.55. The van der Waals surface area contributed by atoms with Crippen LogP contribution >= 0.6 is 0 Å². The molecule has 0 aromatic heterocycles. The molecule has 1 atom stereocenters. The van der Waals surface area contributed by atoms with Gasteiger partial charge >= 0.3 is 0 Å². The summed E-state index contributed by atoms with van der Waals surface area (Å²) in [7, 11) is 3.40. The summed E-state index contributed by atoms with van der Waals surface area (Å²) in [4.78, 5) is 26.7. The predicted octanol–water partition coefficient (Wildman–Crippen LogP) is 0.349. The van der Waals surface area contributed by atoms with E-state index in [1.807, 2.05) is 7.05 Å². The van der Waals surface area contributed by atoms with Crippen LogP contribution in [-0.4, -0.2) is 57.1 Å². The number of hydrogen-bond donors (Lipinski definition) is 2. The number of benzene rings is 1. The second kappa shape index (κ2) is 10.2. The van der Waals surface area contributed by atoms with Gasteiger partial charge in [-0.3, -0.25) is 9.59 Å². The highest BCUT2D eigenvalue weighted by molar-refractivity contribution is 5.91. The minimum absolute atomic E-state index is 0.0375. The lowest BCUT2D eigenvalue weighted by Crippen LogP contribution is -3.11. The molecule has 130 valence electrons. The third kappa shape index (κ3) is 6.66. The van der Waals surface area contributed by atoms with Gasteiger partial charge in [-0.05, 0) is 24.3 Å². The number of rotatable bonds is 10. The average molecular weight is 332 g/mol. The number of amides is 2. The molecule has 1 aromatic carbocycles. The summed E-state index contributed by atoms with van der Waals surface area (Å²) in [5.41, 5.74) is 0.694. The van der Waals surface area contributed by atoms with E-state index in [1.54, 1.807) is 48.4 Å². The predicted molar refractivity (Wildman–Crippen MR) is 95.2 cm³/mol. The number of carbonyl (C=O) groups is 2. The maximum absolute atomic E-state index is 12.2. The summed E-state index contributed by atoms with van der Waals surface area (Å²) >= 11 is 0. The quantitative estimate of drug-likeness (QED) is 0.608. The van der Waals surface area contributed by atoms with Gasteiger partial charge in [0.05, 0.1) is 14.2 Å². The van der Waals surface area contributed by atoms with E-state index >= 15 is 0 Å². The molecule has 2 N–H and O–H groups in total. The lowest BCUT2D eigenvalue weighted by molar-refractivity contribution is -0.862. The first-order valence-electron chi connectivity index (χ1n) is 7.75. The second-order valence-corrected chi connectivity index (χ2v) is 5.46. The first-order chi connectivity index (χ1) is 11.5. The number of nitrogens with zero attached hydrogens (tertiary/aromatic N) is 1. The zero-order chi connectivity index (χ0) is 17.9. The summed E-state index contributed by atoms with van der Waals surface area (Å²) in [6, 6.07) is 7.09. The van der Waals surface area contributed by atoms with E-state index in [0.717, 1.165) is 10.6 Å². The van der Waals surface area contributed by atoms with Gasteiger partial charge in [0.2, 0.25) is 0 Å². The lowest BCUT2D eigenvalue weighted by Gasteiger charge is -2.21. The standard InChI is InChI=1S/C18H25N3O3/c1-5-11-21(12-6-2)18(23)14-20(3)13-17(22)19-15-7-9-16(24-4)10-8-15/h5-10H,1-2,11-14H2,3-4H3,(H,19,22)/p+1. The Hall–Kier alpha value is -2.60. The zero-order valence-electron chi connectivity index (χ0n) is 14.4. The Balaban J connectivity index is 2.48. The first kappa shape index (κ1) is 19.4. The molecule has 2 amide bonds. The number of ether oxygens (including phenoxy) is 1. The van der Waals surface area contributed by atoms with Gasteiger partial charge in [-0.25, -0.2) is 0 Å². The van der Waals surface area contributed by atoms with Crippen molar-refractivity contribution < 1.29 is 19.2 Å². The van der Waals surface area contributed by atoms with Crippen LogP contribution in [0.4, 0.5) is 5.69 Å². The fourth-order valence-electron chi connectivity index (χ4n) is 2.18. The molecule has 1 unspecified atom stereocenters. The van der Waals surface area contributed by atoms with Crippen LogP contribution < -0.4 is 15.0 Å². The summed E-state index contributed by atoms with van der Waals surface area (Å²) < 4.78 is 5.07. The molecule has 0 radical (unpaired) electrons. The monoisotopic (exact) mass is 332 g/mol. The summed E-state index contributed by atoms with van der Waals surface area (Å²) in [5, 5.41) is 2.80. The number of hydrogen-bond acceptors (Lipinski definition) is 3. The van der Waals surface area contributed by atoms with Crippen LogP contribution in [0.25, 0.3) is 0 Å². The van der Waals surface area contributed by atoms with Crippen LogP contribution in [0.1, 0.15) is 0 Å². The van der Waals surface area contributed by atoms with Crippen LogP contribution in [0, 0.1) is 0 Å². The van der Waals surface area contributed by atoms with E-state index in [-0.39, 0.29) is 24.9 Å². The molecular formula is C18H26N3O3+. The fraction of sp³-hybridized carbons (Fsp3) is 0.333. The van der Waals surface area contributed by atoms with Gasteiger partial charge in [0.1, 0.15) is 5.75 Å². The van der Waals surface area contributed by atoms with Crippen LogP contribution in [-0.2, 0) is 9.59 Å². The maximum Gasteiger partial charge on any atom is 0.279 e. The van der Waals surface area contributed by atoms with Crippen LogP contribution in [0.15, 0.2) is 49.6 Å². The van der Waals surface area contributed by atoms with E-state index in [0.29, 0.717) is 18.8 Å². The topological polar surface area (TPSA) is 63.1 Å². The minimum Gasteiger partial charge on any atom is -0.497 e. The Morgan fingerprint density at radius 2 is 1.75 bits per heavy atom. The molecule has 0 aliphatic heterocycles. The third-order valence-corrected chi connectivity index (χ3v) is 3.34. The number of anilines is 1. The van der Waals surface area contributed by atoms with Crippen molar-refractivity contribution in [1.29, 1.82) is 0 Å². The van der Waals surface area contributed by atoms with Gasteiger partial charge in [-0.15, -0.1) is 13.2 Å². The highest BCUT2D eigenvalue weighted by Crippen LogP contribution is 2.14. The molecule has 0 bridgehead atoms. The van der Waals surface area contributed by atoms with Crippen LogP contribution in [0.3, 0.4) is 0 Å². The Bertz CT molecular complexity index is 559. The molecule has 0 heterocycles. The lowest BCUT2D eigenvalue weighted by atomic mass is 10.3. The van der Waals surface area contributed by atoms with Crippen molar-refractivity contribution in [3.05, 3.63) is 49.6 Å². The molecule has 6 heteroatoms. The van der Waals surface area contributed by atoms with Gasteiger partial charge in [0.15, 0.2) is 13.1 Å². The number of quaternary nitrogens is 1. The molecule has 1 rings (SSSR count). The molecule has 0 saturated carbocycles. The van der Waals surface area contributed by atoms with E-state index in [1.165, 1.54) is 0 Å². The smallest absolute Gasteiger partial charge is 0.279 e. The molecule has 0 aliphatic rings. The number of carbonyl (C=O) groups excluding carboxylic acids is 2. The van der Waals surface area contributed by atoms with E-state index < -0.39 is 0 Å². The Kier molecular flexibility index (Phi) is 8.29. The van der Waals surface area contributed by atoms with Gasteiger partial charge in [-0.1, -0.05) is 12.2 Å². The molecule has 0 aliphatic carbocycles. The van der Waals surface area contributed by atoms with Crippen molar-refractivity contribution in [2.24, 2.45) is 0 Å². The van der Waals surface area contributed by atoms with Gasteiger partial charge < -0.3 is 19.9 Å². The Morgan fingerprint density at radius 3 is 2.25 bits per heavy atom. The second-order valence-electron chi connectivity index (χ2n) is 5.46. The van der Waals surface area contributed by atoms with Gasteiger partial charge in [0.25, 0.3) is 11.8 Å². The highest BCUT2D eigenvalue weighted by Gasteiger charge is 2.18. The number of likely N-dealkylation sites (N-methyl/N-ethyl adjacent to an activating group) is 1. The summed E-state index contributed by atoms with van der Waals surface area (Å²) in [5.74, 6) is 0.542. The molecule has 0 spiro atoms. The molecule has 1 aromatic rings. The Labute approximate surface area is 143 Å². The third-order valence-electron chi connectivity index (χ3n) is 3.34. The minimum atomic E-state index is -0.149. The Morgan fingerprint density at radius 1 is 1.17 bits per heavy atom. The van der Waals surface area contributed by atoms with Crippen molar-refractivity contribution in [3.63, 3.8) is 0 Å². The van der Waals surface area contributed by atoms with Crippen LogP contribution in [0.5, 0.6) is 5.75 Å². The zero-order valence-corrected chi connectivity index (χ0v) is 14.4. The molecule has 0 saturated heterocycles. The SMILES string of the molecule is C=CCN(CC=C)C(=O)C[NH+](C)CC(=O)Nc1ccc(OC)cc1.